The third-order valence-electron chi connectivity index (χ3n) is 5.77. The van der Waals surface area contributed by atoms with Gasteiger partial charge in [-0.15, -0.1) is 0 Å². The van der Waals surface area contributed by atoms with Crippen molar-refractivity contribution in [2.75, 3.05) is 20.8 Å². The first-order valence-corrected chi connectivity index (χ1v) is 10.7. The number of aromatic nitrogens is 3. The highest BCUT2D eigenvalue weighted by Gasteiger charge is 2.29. The number of methoxy groups -OCH3 is 2. The lowest BCUT2D eigenvalue weighted by Crippen LogP contribution is -2.27. The molecule has 1 atom stereocenters. The molecule has 0 saturated carbocycles. The lowest BCUT2D eigenvalue weighted by atomic mass is 10.0. The van der Waals surface area contributed by atoms with Crippen LogP contribution in [-0.2, 0) is 13.2 Å². The number of likely N-dealkylation sites (tertiary alicyclic amines) is 1. The van der Waals surface area contributed by atoms with Crippen molar-refractivity contribution >= 4 is 12.2 Å². The van der Waals surface area contributed by atoms with E-state index < -0.39 is 0 Å². The van der Waals surface area contributed by atoms with Crippen LogP contribution in [0.2, 0.25) is 0 Å². The first-order chi connectivity index (χ1) is 14.6. The summed E-state index contributed by atoms with van der Waals surface area (Å²) < 4.78 is 15.8. The van der Waals surface area contributed by atoms with E-state index >= 15 is 0 Å². The fraction of sp³-hybridized carbons (Fsp3) is 0.391. The highest BCUT2D eigenvalue weighted by Crippen LogP contribution is 2.38. The lowest BCUT2D eigenvalue weighted by Gasteiger charge is -2.26. The third kappa shape index (κ3) is 4.13. The van der Waals surface area contributed by atoms with Crippen LogP contribution >= 0.6 is 12.2 Å². The summed E-state index contributed by atoms with van der Waals surface area (Å²) >= 11 is 5.78. The largest absolute Gasteiger partial charge is 0.497 e. The van der Waals surface area contributed by atoms with E-state index in [1.54, 1.807) is 14.2 Å². The molecule has 4 rings (SSSR count). The molecule has 1 aromatic heterocycles. The zero-order valence-electron chi connectivity index (χ0n) is 17.7. The van der Waals surface area contributed by atoms with Gasteiger partial charge in [0.1, 0.15) is 17.3 Å². The van der Waals surface area contributed by atoms with E-state index in [2.05, 4.69) is 39.8 Å². The molecule has 2 heterocycles. The van der Waals surface area contributed by atoms with Gasteiger partial charge in [0.25, 0.3) is 0 Å². The van der Waals surface area contributed by atoms with E-state index in [0.29, 0.717) is 6.67 Å². The van der Waals surface area contributed by atoms with Crippen molar-refractivity contribution in [3.05, 3.63) is 70.3 Å². The van der Waals surface area contributed by atoms with Crippen molar-refractivity contribution in [3.8, 4) is 11.5 Å². The Morgan fingerprint density at radius 2 is 1.90 bits per heavy atom. The van der Waals surface area contributed by atoms with Crippen molar-refractivity contribution in [2.24, 2.45) is 0 Å². The Balaban J connectivity index is 1.57. The number of aryl methyl sites for hydroxylation is 1. The highest BCUT2D eigenvalue weighted by atomic mass is 32.1. The zero-order chi connectivity index (χ0) is 21.1. The fourth-order valence-corrected chi connectivity index (χ4v) is 4.50. The molecule has 1 fully saturated rings. The summed E-state index contributed by atoms with van der Waals surface area (Å²) in [5.74, 6) is 2.60. The number of nitrogens with zero attached hydrogens (tertiary/aromatic N) is 4. The molecule has 0 radical (unpaired) electrons. The number of hydrogen-bond donors (Lipinski definition) is 0. The molecule has 1 aliphatic rings. The SMILES string of the molecule is COc1ccc(C2CCCN2Cn2nc(C)n(Cc3ccccc3)c2=S)c(OC)c1. The van der Waals surface area contributed by atoms with Gasteiger partial charge >= 0.3 is 0 Å². The smallest absolute Gasteiger partial charge is 0.199 e. The third-order valence-corrected chi connectivity index (χ3v) is 6.20. The summed E-state index contributed by atoms with van der Waals surface area (Å²) in [7, 11) is 3.38. The van der Waals surface area contributed by atoms with E-state index in [-0.39, 0.29) is 6.04 Å². The number of hydrogen-bond acceptors (Lipinski definition) is 5. The van der Waals surface area contributed by atoms with Gasteiger partial charge in [-0.1, -0.05) is 36.4 Å². The lowest BCUT2D eigenvalue weighted by molar-refractivity contribution is 0.186. The molecule has 3 aromatic rings. The standard InChI is InChI=1S/C23H28N4O2S/c1-17-24-27(23(30)26(17)15-18-8-5-4-6-9-18)16-25-13-7-10-21(25)20-12-11-19(28-2)14-22(20)29-3/h4-6,8-9,11-12,14,21H,7,10,13,15-16H2,1-3H3. The van der Waals surface area contributed by atoms with Crippen LogP contribution in [0.4, 0.5) is 0 Å². The molecular formula is C23H28N4O2S. The molecule has 7 heteroatoms. The molecule has 6 nitrogen and oxygen atoms in total. The number of benzene rings is 2. The number of ether oxygens (including phenoxy) is 2. The van der Waals surface area contributed by atoms with Gasteiger partial charge in [0.15, 0.2) is 4.77 Å². The van der Waals surface area contributed by atoms with E-state index in [1.165, 1.54) is 11.1 Å². The molecule has 0 bridgehead atoms. The fourth-order valence-electron chi connectivity index (χ4n) is 4.20. The quantitative estimate of drug-likeness (QED) is 0.520. The summed E-state index contributed by atoms with van der Waals surface area (Å²) in [5.41, 5.74) is 2.40. The molecule has 0 spiro atoms. The van der Waals surface area contributed by atoms with Crippen molar-refractivity contribution in [3.63, 3.8) is 0 Å². The van der Waals surface area contributed by atoms with Crippen LogP contribution < -0.4 is 9.47 Å². The summed E-state index contributed by atoms with van der Waals surface area (Å²) in [4.78, 5) is 2.43. The average molecular weight is 425 g/mol. The topological polar surface area (TPSA) is 44.5 Å². The first kappa shape index (κ1) is 20.6. The summed E-state index contributed by atoms with van der Waals surface area (Å²) in [6.45, 7) is 4.43. The van der Waals surface area contributed by atoms with E-state index in [1.807, 2.05) is 29.8 Å². The maximum Gasteiger partial charge on any atom is 0.199 e. The molecule has 0 amide bonds. The van der Waals surface area contributed by atoms with Gasteiger partial charge in [0, 0.05) is 24.2 Å². The van der Waals surface area contributed by atoms with Crippen molar-refractivity contribution in [1.29, 1.82) is 0 Å². The van der Waals surface area contributed by atoms with Crippen LogP contribution in [0, 0.1) is 11.7 Å². The summed E-state index contributed by atoms with van der Waals surface area (Å²) in [6, 6.07) is 16.7. The predicted molar refractivity (Wildman–Crippen MR) is 120 cm³/mol. The summed E-state index contributed by atoms with van der Waals surface area (Å²) in [5, 5.41) is 4.75. The van der Waals surface area contributed by atoms with E-state index in [4.69, 9.17) is 26.8 Å². The second kappa shape index (κ2) is 9.02. The number of rotatable bonds is 7. The predicted octanol–water partition coefficient (Wildman–Crippen LogP) is 4.58. The Hall–Kier alpha value is -2.64. The molecule has 0 N–H and O–H groups in total. The van der Waals surface area contributed by atoms with Crippen LogP contribution in [0.1, 0.15) is 35.8 Å². The maximum atomic E-state index is 5.78. The molecular weight excluding hydrogens is 396 g/mol. The van der Waals surface area contributed by atoms with Crippen molar-refractivity contribution in [1.82, 2.24) is 19.2 Å². The molecule has 1 unspecified atom stereocenters. The van der Waals surface area contributed by atoms with Crippen LogP contribution in [-0.4, -0.2) is 40.0 Å². The van der Waals surface area contributed by atoms with Gasteiger partial charge in [0.05, 0.1) is 27.4 Å². The minimum absolute atomic E-state index is 0.271. The minimum atomic E-state index is 0.271. The van der Waals surface area contributed by atoms with Gasteiger partial charge in [-0.3, -0.25) is 9.47 Å². The Morgan fingerprint density at radius 1 is 1.10 bits per heavy atom. The van der Waals surface area contributed by atoms with Crippen molar-refractivity contribution < 1.29 is 9.47 Å². The van der Waals surface area contributed by atoms with Gasteiger partial charge in [-0.2, -0.15) is 5.10 Å². The first-order valence-electron chi connectivity index (χ1n) is 10.2. The Morgan fingerprint density at radius 3 is 2.63 bits per heavy atom. The Bertz CT molecular complexity index is 1060. The van der Waals surface area contributed by atoms with Crippen LogP contribution in [0.25, 0.3) is 0 Å². The highest BCUT2D eigenvalue weighted by molar-refractivity contribution is 7.71. The molecule has 1 aliphatic heterocycles. The molecule has 1 saturated heterocycles. The van der Waals surface area contributed by atoms with Crippen LogP contribution in [0.5, 0.6) is 11.5 Å². The second-order valence-corrected chi connectivity index (χ2v) is 7.99. The maximum absolute atomic E-state index is 5.78. The van der Waals surface area contributed by atoms with Gasteiger partial charge in [-0.25, -0.2) is 4.68 Å². The zero-order valence-corrected chi connectivity index (χ0v) is 18.6. The van der Waals surface area contributed by atoms with E-state index in [9.17, 15) is 0 Å². The van der Waals surface area contributed by atoms with Gasteiger partial charge in [-0.05, 0) is 43.6 Å². The average Bonchev–Trinajstić information content (AvgIpc) is 3.34. The second-order valence-electron chi connectivity index (χ2n) is 7.62. The van der Waals surface area contributed by atoms with Crippen LogP contribution in [0.15, 0.2) is 48.5 Å². The monoisotopic (exact) mass is 424 g/mol. The Labute approximate surface area is 182 Å². The molecule has 158 valence electrons. The minimum Gasteiger partial charge on any atom is -0.497 e. The normalized spacial score (nSPS) is 16.7. The van der Waals surface area contributed by atoms with Crippen molar-refractivity contribution in [2.45, 2.75) is 39.0 Å². The van der Waals surface area contributed by atoms with Gasteiger partial charge in [0.2, 0.25) is 0 Å². The summed E-state index contributed by atoms with van der Waals surface area (Å²) in [6.07, 6.45) is 2.22. The molecule has 2 aromatic carbocycles. The molecule has 30 heavy (non-hydrogen) atoms. The van der Waals surface area contributed by atoms with Crippen LogP contribution in [0.3, 0.4) is 0 Å². The molecule has 0 aliphatic carbocycles. The Kier molecular flexibility index (Phi) is 6.20. The van der Waals surface area contributed by atoms with E-state index in [0.717, 1.165) is 48.0 Å². The van der Waals surface area contributed by atoms with Gasteiger partial charge < -0.3 is 9.47 Å².